The van der Waals surface area contributed by atoms with Gasteiger partial charge < -0.3 is 9.29 Å². The first-order valence-electron chi connectivity index (χ1n) is 9.97. The summed E-state index contributed by atoms with van der Waals surface area (Å²) in [5.74, 6) is -0.117. The molecule has 0 aliphatic rings. The Bertz CT molecular complexity index is 687. The minimum Gasteiger partial charge on any atom is -0.748 e. The second-order valence-electron chi connectivity index (χ2n) is 7.10. The standard InChI is InChI=1S/C20H31Cl3O4S.Na/c1-2-3-4-5-6-7-8-9-10-11-16(12-13-28(24,25)26)27-20-15-18(22)17(21)14-19(20)23;/h14-16H,2-13H2,1H3,(H,24,25,26);/q;+1/p-1. The topological polar surface area (TPSA) is 66.4 Å². The number of unbranched alkanes of at least 4 members (excludes halogenated alkanes) is 8. The van der Waals surface area contributed by atoms with Crippen molar-refractivity contribution in [2.24, 2.45) is 0 Å². The Labute approximate surface area is 213 Å². The van der Waals surface area contributed by atoms with Gasteiger partial charge in [-0.05, 0) is 25.3 Å². The maximum absolute atomic E-state index is 11.0. The SMILES string of the molecule is CCCCCCCCCCCC(CCS(=O)(=O)[O-])Oc1cc(Cl)c(Cl)cc1Cl.[Na+]. The zero-order valence-electron chi connectivity index (χ0n) is 17.4. The molecule has 0 radical (unpaired) electrons. The molecule has 162 valence electrons. The molecule has 0 bridgehead atoms. The molecule has 0 N–H and O–H groups in total. The zero-order chi connectivity index (χ0) is 21.0. The van der Waals surface area contributed by atoms with Crippen LogP contribution in [0.2, 0.25) is 15.1 Å². The van der Waals surface area contributed by atoms with Crippen molar-refractivity contribution in [2.45, 2.75) is 83.7 Å². The minimum absolute atomic E-state index is 0. The Balaban J connectivity index is 0.00000784. The Morgan fingerprint density at radius 3 is 1.93 bits per heavy atom. The van der Waals surface area contributed by atoms with Gasteiger partial charge in [0.05, 0.1) is 31.3 Å². The van der Waals surface area contributed by atoms with E-state index in [2.05, 4.69) is 6.92 Å². The van der Waals surface area contributed by atoms with Crippen molar-refractivity contribution < 1.29 is 47.3 Å². The number of rotatable bonds is 15. The number of hydrogen-bond donors (Lipinski definition) is 0. The van der Waals surface area contributed by atoms with Gasteiger partial charge in [0.2, 0.25) is 0 Å². The molecule has 0 aromatic heterocycles. The maximum atomic E-state index is 11.0. The summed E-state index contributed by atoms with van der Waals surface area (Å²) >= 11 is 18.1. The van der Waals surface area contributed by atoms with Gasteiger partial charge in [0, 0.05) is 11.8 Å². The maximum Gasteiger partial charge on any atom is 1.00 e. The van der Waals surface area contributed by atoms with Crippen molar-refractivity contribution in [3.63, 3.8) is 0 Å². The van der Waals surface area contributed by atoms with Crippen molar-refractivity contribution in [1.29, 1.82) is 0 Å². The molecular formula is C20H30Cl3NaO4S. The monoisotopic (exact) mass is 494 g/mol. The average molecular weight is 496 g/mol. The van der Waals surface area contributed by atoms with E-state index in [9.17, 15) is 13.0 Å². The van der Waals surface area contributed by atoms with Crippen LogP contribution in [0.3, 0.4) is 0 Å². The molecule has 9 heteroatoms. The van der Waals surface area contributed by atoms with E-state index in [4.69, 9.17) is 39.5 Å². The van der Waals surface area contributed by atoms with E-state index in [0.717, 1.165) is 19.3 Å². The van der Waals surface area contributed by atoms with E-state index in [-0.39, 0.29) is 36.0 Å². The van der Waals surface area contributed by atoms with Gasteiger partial charge in [-0.3, -0.25) is 0 Å². The van der Waals surface area contributed by atoms with Crippen LogP contribution in [0.5, 0.6) is 5.75 Å². The summed E-state index contributed by atoms with van der Waals surface area (Å²) in [6.45, 7) is 2.21. The summed E-state index contributed by atoms with van der Waals surface area (Å²) in [4.78, 5) is 0. The van der Waals surface area contributed by atoms with Gasteiger partial charge in [0.1, 0.15) is 5.75 Å². The van der Waals surface area contributed by atoms with Crippen molar-refractivity contribution >= 4 is 44.9 Å². The Morgan fingerprint density at radius 2 is 1.38 bits per heavy atom. The first kappa shape index (κ1) is 29.8. The molecule has 29 heavy (non-hydrogen) atoms. The van der Waals surface area contributed by atoms with Crippen molar-refractivity contribution in [3.05, 3.63) is 27.2 Å². The van der Waals surface area contributed by atoms with Gasteiger partial charge in [0.15, 0.2) is 0 Å². The molecule has 0 fully saturated rings. The van der Waals surface area contributed by atoms with Crippen LogP contribution in [0.25, 0.3) is 0 Å². The van der Waals surface area contributed by atoms with Gasteiger partial charge in [-0.2, -0.15) is 0 Å². The summed E-state index contributed by atoms with van der Waals surface area (Å²) in [6, 6.07) is 3.00. The second kappa shape index (κ2) is 16.4. The van der Waals surface area contributed by atoms with Crippen LogP contribution in [0, 0.1) is 0 Å². The first-order valence-corrected chi connectivity index (χ1v) is 12.7. The third-order valence-corrected chi connectivity index (χ3v) is 6.34. The van der Waals surface area contributed by atoms with E-state index in [1.807, 2.05) is 0 Å². The fourth-order valence-corrected chi connectivity index (χ4v) is 4.13. The van der Waals surface area contributed by atoms with Crippen molar-refractivity contribution in [2.75, 3.05) is 5.75 Å². The van der Waals surface area contributed by atoms with E-state index in [0.29, 0.717) is 27.2 Å². The molecule has 0 heterocycles. The molecule has 0 aliphatic heterocycles. The predicted octanol–water partition coefficient (Wildman–Crippen LogP) is 4.25. The smallest absolute Gasteiger partial charge is 0.748 e. The summed E-state index contributed by atoms with van der Waals surface area (Å²) in [5.41, 5.74) is 0. The fourth-order valence-electron chi connectivity index (χ4n) is 2.99. The van der Waals surface area contributed by atoms with Crippen LogP contribution in [0.1, 0.15) is 77.6 Å². The molecule has 0 amide bonds. The minimum atomic E-state index is -4.30. The summed E-state index contributed by atoms with van der Waals surface area (Å²) in [7, 11) is -4.30. The molecule has 1 aromatic rings. The molecule has 0 aliphatic carbocycles. The third kappa shape index (κ3) is 14.5. The average Bonchev–Trinajstić information content (AvgIpc) is 2.61. The molecule has 0 saturated carbocycles. The van der Waals surface area contributed by atoms with Gasteiger partial charge in [-0.15, -0.1) is 0 Å². The quantitative estimate of drug-likeness (QED) is 0.158. The Hall–Kier alpha value is 0.800. The zero-order valence-corrected chi connectivity index (χ0v) is 22.5. The predicted molar refractivity (Wildman–Crippen MR) is 117 cm³/mol. The Morgan fingerprint density at radius 1 is 0.862 bits per heavy atom. The van der Waals surface area contributed by atoms with E-state index < -0.39 is 22.0 Å². The summed E-state index contributed by atoms with van der Waals surface area (Å²) in [6.07, 6.45) is 11.1. The largest absolute Gasteiger partial charge is 1.00 e. The molecule has 1 unspecified atom stereocenters. The van der Waals surface area contributed by atoms with Crippen LogP contribution in [0.4, 0.5) is 0 Å². The van der Waals surface area contributed by atoms with Gasteiger partial charge in [0.25, 0.3) is 0 Å². The normalized spacial score (nSPS) is 12.4. The second-order valence-corrected chi connectivity index (χ2v) is 9.85. The third-order valence-electron chi connectivity index (χ3n) is 4.59. The molecule has 0 saturated heterocycles. The Kier molecular flexibility index (Phi) is 16.9. The van der Waals surface area contributed by atoms with Crippen molar-refractivity contribution in [3.8, 4) is 5.75 Å². The fraction of sp³-hybridized carbons (Fsp3) is 0.700. The molecule has 4 nitrogen and oxygen atoms in total. The van der Waals surface area contributed by atoms with Gasteiger partial charge in [-0.25, -0.2) is 8.42 Å². The molecule has 1 aromatic carbocycles. The first-order chi connectivity index (χ1) is 13.2. The van der Waals surface area contributed by atoms with Crippen LogP contribution in [-0.4, -0.2) is 24.8 Å². The van der Waals surface area contributed by atoms with E-state index in [1.165, 1.54) is 50.7 Å². The van der Waals surface area contributed by atoms with E-state index in [1.54, 1.807) is 0 Å². The van der Waals surface area contributed by atoms with Crippen LogP contribution < -0.4 is 34.3 Å². The summed E-state index contributed by atoms with van der Waals surface area (Å²) < 4.78 is 38.9. The van der Waals surface area contributed by atoms with Crippen molar-refractivity contribution in [1.82, 2.24) is 0 Å². The van der Waals surface area contributed by atoms with Crippen LogP contribution in [0.15, 0.2) is 12.1 Å². The molecule has 0 spiro atoms. The van der Waals surface area contributed by atoms with Gasteiger partial charge in [-0.1, -0.05) is 93.1 Å². The molecule has 1 atom stereocenters. The molecule has 1 rings (SSSR count). The number of benzene rings is 1. The van der Waals surface area contributed by atoms with Crippen LogP contribution >= 0.6 is 34.8 Å². The summed E-state index contributed by atoms with van der Waals surface area (Å²) in [5, 5.41) is 0.924. The molecular weight excluding hydrogens is 466 g/mol. The van der Waals surface area contributed by atoms with Gasteiger partial charge >= 0.3 is 29.6 Å². The van der Waals surface area contributed by atoms with E-state index >= 15 is 0 Å². The number of hydrogen-bond acceptors (Lipinski definition) is 4. The number of halogens is 3. The van der Waals surface area contributed by atoms with Crippen LogP contribution in [-0.2, 0) is 10.1 Å². The number of ether oxygens (including phenoxy) is 1.